The zero-order valence-corrected chi connectivity index (χ0v) is 12.6. The van der Waals surface area contributed by atoms with E-state index in [9.17, 15) is 4.79 Å². The van der Waals surface area contributed by atoms with Gasteiger partial charge in [0.15, 0.2) is 0 Å². The van der Waals surface area contributed by atoms with E-state index in [0.29, 0.717) is 12.5 Å². The van der Waals surface area contributed by atoms with Gasteiger partial charge in [-0.15, -0.1) is 11.6 Å². The third-order valence-electron chi connectivity index (χ3n) is 3.02. The van der Waals surface area contributed by atoms with Gasteiger partial charge in [0.25, 0.3) is 0 Å². The minimum Gasteiger partial charge on any atom is -0.354 e. The van der Waals surface area contributed by atoms with Crippen molar-refractivity contribution in [2.45, 2.75) is 45.9 Å². The molecule has 1 aliphatic rings. The lowest BCUT2D eigenvalue weighted by Crippen LogP contribution is -2.36. The van der Waals surface area contributed by atoms with Crippen LogP contribution in [0.4, 0.5) is 0 Å². The van der Waals surface area contributed by atoms with Crippen molar-refractivity contribution in [3.8, 4) is 0 Å². The summed E-state index contributed by atoms with van der Waals surface area (Å²) in [4.78, 5) is 12.0. The number of alkyl halides is 1. The Hall–Kier alpha value is -0.760. The molecule has 1 rings (SSSR count). The summed E-state index contributed by atoms with van der Waals surface area (Å²) in [7, 11) is 0. The Morgan fingerprint density at radius 2 is 2.11 bits per heavy atom. The Kier molecular flexibility index (Phi) is 5.03. The number of hydrogen-bond acceptors (Lipinski definition) is 1. The van der Waals surface area contributed by atoms with E-state index < -0.39 is 5.38 Å². The van der Waals surface area contributed by atoms with Gasteiger partial charge in [-0.25, -0.2) is 0 Å². The molecule has 0 saturated heterocycles. The second-order valence-electron chi connectivity index (χ2n) is 6.40. The van der Waals surface area contributed by atoms with Crippen molar-refractivity contribution in [3.63, 3.8) is 0 Å². The molecule has 1 unspecified atom stereocenters. The Balaban J connectivity index is 2.68. The molecule has 0 saturated carbocycles. The SMILES string of the molecule is C=C1C=C(C(Cl)C(=O)NCC(C)C)CC(C)(C)C1. The molecule has 1 amide bonds. The number of allylic oxidation sites excluding steroid dienone is 2. The predicted molar refractivity (Wildman–Crippen MR) is 77.7 cm³/mol. The Morgan fingerprint density at radius 3 is 2.61 bits per heavy atom. The monoisotopic (exact) mass is 269 g/mol. The highest BCUT2D eigenvalue weighted by atomic mass is 35.5. The standard InChI is InChI=1S/C15H24ClNO/c1-10(2)9-17-14(18)13(16)12-6-11(3)7-15(4,5)8-12/h6,10,13H,3,7-9H2,1-2,4-5H3,(H,17,18). The van der Waals surface area contributed by atoms with Gasteiger partial charge in [-0.05, 0) is 29.7 Å². The number of hydrogen-bond donors (Lipinski definition) is 1. The van der Waals surface area contributed by atoms with Crippen LogP contribution < -0.4 is 5.32 Å². The van der Waals surface area contributed by atoms with Crippen molar-refractivity contribution in [1.29, 1.82) is 0 Å². The molecule has 0 aromatic carbocycles. The molecule has 1 atom stereocenters. The van der Waals surface area contributed by atoms with Crippen molar-refractivity contribution in [2.24, 2.45) is 11.3 Å². The molecule has 0 spiro atoms. The quantitative estimate of drug-likeness (QED) is 0.775. The first-order chi connectivity index (χ1) is 8.21. The van der Waals surface area contributed by atoms with Crippen LogP contribution in [0.5, 0.6) is 0 Å². The third kappa shape index (κ3) is 4.49. The third-order valence-corrected chi connectivity index (χ3v) is 3.50. The van der Waals surface area contributed by atoms with Crippen LogP contribution >= 0.6 is 11.6 Å². The number of carbonyl (C=O) groups excluding carboxylic acids is 1. The molecule has 0 heterocycles. The van der Waals surface area contributed by atoms with Crippen LogP contribution in [0.3, 0.4) is 0 Å². The van der Waals surface area contributed by atoms with Gasteiger partial charge in [0.05, 0.1) is 0 Å². The van der Waals surface area contributed by atoms with Gasteiger partial charge in [0, 0.05) is 6.54 Å². The molecular formula is C15H24ClNO. The molecule has 18 heavy (non-hydrogen) atoms. The molecule has 0 aromatic heterocycles. The molecule has 1 aliphatic carbocycles. The average Bonchev–Trinajstić information content (AvgIpc) is 2.21. The fraction of sp³-hybridized carbons (Fsp3) is 0.667. The van der Waals surface area contributed by atoms with E-state index >= 15 is 0 Å². The van der Waals surface area contributed by atoms with Crippen LogP contribution in [-0.4, -0.2) is 17.8 Å². The van der Waals surface area contributed by atoms with Crippen molar-refractivity contribution >= 4 is 17.5 Å². The normalized spacial score (nSPS) is 20.6. The maximum absolute atomic E-state index is 12.0. The van der Waals surface area contributed by atoms with E-state index in [2.05, 4.69) is 39.6 Å². The summed E-state index contributed by atoms with van der Waals surface area (Å²) < 4.78 is 0. The fourth-order valence-electron chi connectivity index (χ4n) is 2.32. The van der Waals surface area contributed by atoms with Crippen molar-refractivity contribution in [3.05, 3.63) is 23.8 Å². The molecule has 0 radical (unpaired) electrons. The number of halogens is 1. The number of rotatable bonds is 4. The van der Waals surface area contributed by atoms with Crippen LogP contribution in [0.1, 0.15) is 40.5 Å². The van der Waals surface area contributed by atoms with Gasteiger partial charge in [0.2, 0.25) is 5.91 Å². The summed E-state index contributed by atoms with van der Waals surface area (Å²) >= 11 is 6.26. The van der Waals surface area contributed by atoms with Crippen molar-refractivity contribution < 1.29 is 4.79 Å². The van der Waals surface area contributed by atoms with Crippen LogP contribution in [0, 0.1) is 11.3 Å². The molecule has 0 aromatic rings. The molecule has 0 bridgehead atoms. The molecule has 0 aliphatic heterocycles. The van der Waals surface area contributed by atoms with E-state index in [4.69, 9.17) is 11.6 Å². The summed E-state index contributed by atoms with van der Waals surface area (Å²) in [6.45, 7) is 13.2. The number of amides is 1. The highest BCUT2D eigenvalue weighted by Crippen LogP contribution is 2.39. The van der Waals surface area contributed by atoms with Crippen LogP contribution in [0.15, 0.2) is 23.8 Å². The first-order valence-electron chi connectivity index (χ1n) is 6.51. The molecule has 0 fully saturated rings. The maximum atomic E-state index is 12.0. The van der Waals surface area contributed by atoms with Gasteiger partial charge in [-0.2, -0.15) is 0 Å². The lowest BCUT2D eigenvalue weighted by Gasteiger charge is -2.32. The van der Waals surface area contributed by atoms with Gasteiger partial charge >= 0.3 is 0 Å². The molecule has 1 N–H and O–H groups in total. The summed E-state index contributed by atoms with van der Waals surface area (Å²) in [6.07, 6.45) is 3.81. The van der Waals surface area contributed by atoms with Crippen LogP contribution in [0.2, 0.25) is 0 Å². The highest BCUT2D eigenvalue weighted by molar-refractivity contribution is 6.32. The second-order valence-corrected chi connectivity index (χ2v) is 6.83. The summed E-state index contributed by atoms with van der Waals surface area (Å²) in [5, 5.41) is 2.31. The molecule has 102 valence electrons. The fourth-order valence-corrected chi connectivity index (χ4v) is 2.54. The Labute approximate surface area is 115 Å². The minimum atomic E-state index is -0.569. The van der Waals surface area contributed by atoms with Gasteiger partial charge in [-0.1, -0.05) is 45.9 Å². The first kappa shape index (κ1) is 15.3. The molecular weight excluding hydrogens is 246 g/mol. The van der Waals surface area contributed by atoms with Gasteiger partial charge in [0.1, 0.15) is 5.38 Å². The first-order valence-corrected chi connectivity index (χ1v) is 6.95. The molecule has 3 heteroatoms. The lowest BCUT2D eigenvalue weighted by molar-refractivity contribution is -0.120. The summed E-state index contributed by atoms with van der Waals surface area (Å²) in [6, 6.07) is 0. The second kappa shape index (κ2) is 5.92. The van der Waals surface area contributed by atoms with E-state index in [1.807, 2.05) is 6.08 Å². The Morgan fingerprint density at radius 1 is 1.50 bits per heavy atom. The number of carbonyl (C=O) groups is 1. The topological polar surface area (TPSA) is 29.1 Å². The van der Waals surface area contributed by atoms with E-state index in [0.717, 1.165) is 24.0 Å². The lowest BCUT2D eigenvalue weighted by atomic mass is 9.75. The van der Waals surface area contributed by atoms with E-state index in [1.165, 1.54) is 0 Å². The Bertz CT molecular complexity index is 369. The summed E-state index contributed by atoms with van der Waals surface area (Å²) in [5.41, 5.74) is 2.19. The van der Waals surface area contributed by atoms with Gasteiger partial charge < -0.3 is 5.32 Å². The van der Waals surface area contributed by atoms with E-state index in [1.54, 1.807) is 0 Å². The largest absolute Gasteiger partial charge is 0.354 e. The predicted octanol–water partition coefficient (Wildman–Crippen LogP) is 3.67. The van der Waals surface area contributed by atoms with Crippen LogP contribution in [0.25, 0.3) is 0 Å². The average molecular weight is 270 g/mol. The highest BCUT2D eigenvalue weighted by Gasteiger charge is 2.30. The molecule has 2 nitrogen and oxygen atoms in total. The summed E-state index contributed by atoms with van der Waals surface area (Å²) in [5.74, 6) is 0.340. The minimum absolute atomic E-state index is 0.0953. The number of nitrogens with one attached hydrogen (secondary N) is 1. The maximum Gasteiger partial charge on any atom is 0.242 e. The zero-order valence-electron chi connectivity index (χ0n) is 11.8. The van der Waals surface area contributed by atoms with Crippen LogP contribution in [-0.2, 0) is 4.79 Å². The van der Waals surface area contributed by atoms with E-state index in [-0.39, 0.29) is 11.3 Å². The zero-order chi connectivity index (χ0) is 13.9. The van der Waals surface area contributed by atoms with Gasteiger partial charge in [-0.3, -0.25) is 4.79 Å². The smallest absolute Gasteiger partial charge is 0.242 e. The van der Waals surface area contributed by atoms with Crippen molar-refractivity contribution in [1.82, 2.24) is 5.32 Å². The van der Waals surface area contributed by atoms with Crippen molar-refractivity contribution in [2.75, 3.05) is 6.54 Å².